The molecule has 1 aromatic carbocycles. The van der Waals surface area contributed by atoms with Gasteiger partial charge in [-0.2, -0.15) is 0 Å². The number of fused-ring (bicyclic) bond motifs is 3. The number of aryl methyl sites for hydroxylation is 1. The Morgan fingerprint density at radius 2 is 2.24 bits per heavy atom. The molecule has 0 aliphatic heterocycles. The molecule has 3 aromatic rings. The highest BCUT2D eigenvalue weighted by atomic mass is 16.3. The SMILES string of the molecule is Cc1ccc2[nH]c3c(c2c1)CC(NC(=O)c1ccco1)C3. The molecule has 2 N–H and O–H groups in total. The minimum Gasteiger partial charge on any atom is -0.459 e. The number of benzene rings is 1. The molecule has 1 aliphatic rings. The fourth-order valence-corrected chi connectivity index (χ4v) is 3.16. The largest absolute Gasteiger partial charge is 0.459 e. The van der Waals surface area contributed by atoms with Crippen molar-refractivity contribution >= 4 is 16.8 Å². The minimum absolute atomic E-state index is 0.133. The van der Waals surface area contributed by atoms with Crippen LogP contribution in [0.2, 0.25) is 0 Å². The highest BCUT2D eigenvalue weighted by Crippen LogP contribution is 2.30. The van der Waals surface area contributed by atoms with Gasteiger partial charge in [0, 0.05) is 29.1 Å². The van der Waals surface area contributed by atoms with Crippen molar-refractivity contribution in [3.63, 3.8) is 0 Å². The van der Waals surface area contributed by atoms with Gasteiger partial charge in [-0.05, 0) is 43.2 Å². The molecule has 0 fully saturated rings. The molecule has 1 amide bonds. The molecule has 0 saturated carbocycles. The molecule has 106 valence electrons. The number of amides is 1. The van der Waals surface area contributed by atoms with E-state index in [1.807, 2.05) is 0 Å². The van der Waals surface area contributed by atoms with Crippen LogP contribution in [-0.2, 0) is 12.8 Å². The Balaban J connectivity index is 1.57. The molecular formula is C17H16N2O2. The molecule has 4 nitrogen and oxygen atoms in total. The van der Waals surface area contributed by atoms with Crippen LogP contribution >= 0.6 is 0 Å². The number of hydrogen-bond acceptors (Lipinski definition) is 2. The van der Waals surface area contributed by atoms with Crippen molar-refractivity contribution in [1.82, 2.24) is 10.3 Å². The molecule has 2 aromatic heterocycles. The first-order valence-electron chi connectivity index (χ1n) is 7.15. The van der Waals surface area contributed by atoms with Gasteiger partial charge < -0.3 is 14.7 Å². The summed E-state index contributed by atoms with van der Waals surface area (Å²) >= 11 is 0. The normalized spacial score (nSPS) is 17.1. The monoisotopic (exact) mass is 280 g/mol. The van der Waals surface area contributed by atoms with Gasteiger partial charge in [0.15, 0.2) is 5.76 Å². The Hall–Kier alpha value is -2.49. The second kappa shape index (κ2) is 4.52. The van der Waals surface area contributed by atoms with Gasteiger partial charge in [0.05, 0.1) is 6.26 Å². The Bertz CT molecular complexity index is 815. The first-order chi connectivity index (χ1) is 10.2. The summed E-state index contributed by atoms with van der Waals surface area (Å²) in [5.74, 6) is 0.224. The van der Waals surface area contributed by atoms with Crippen molar-refractivity contribution in [3.05, 3.63) is 59.2 Å². The quantitative estimate of drug-likeness (QED) is 0.758. The van der Waals surface area contributed by atoms with E-state index in [4.69, 9.17) is 4.42 Å². The van der Waals surface area contributed by atoms with Crippen LogP contribution in [-0.4, -0.2) is 16.9 Å². The fraction of sp³-hybridized carbons (Fsp3) is 0.235. The van der Waals surface area contributed by atoms with Crippen LogP contribution in [0.5, 0.6) is 0 Å². The molecule has 4 rings (SSSR count). The third-order valence-corrected chi connectivity index (χ3v) is 4.13. The maximum absolute atomic E-state index is 12.0. The van der Waals surface area contributed by atoms with Gasteiger partial charge in [-0.3, -0.25) is 4.79 Å². The van der Waals surface area contributed by atoms with E-state index < -0.39 is 0 Å². The van der Waals surface area contributed by atoms with E-state index in [0.717, 1.165) is 12.8 Å². The standard InChI is InChI=1S/C17H16N2O2/c1-10-4-5-14-12(7-10)13-8-11(9-15(13)19-14)18-17(20)16-3-2-6-21-16/h2-7,11,19H,8-9H2,1H3,(H,18,20). The van der Waals surface area contributed by atoms with Gasteiger partial charge in [-0.1, -0.05) is 11.6 Å². The molecule has 0 spiro atoms. The summed E-state index contributed by atoms with van der Waals surface area (Å²) in [6, 6.07) is 9.99. The molecule has 0 bridgehead atoms. The predicted octanol–water partition coefficient (Wildman–Crippen LogP) is 2.97. The van der Waals surface area contributed by atoms with Gasteiger partial charge in [0.2, 0.25) is 0 Å². The van der Waals surface area contributed by atoms with Crippen molar-refractivity contribution in [2.24, 2.45) is 0 Å². The van der Waals surface area contributed by atoms with E-state index >= 15 is 0 Å². The zero-order valence-electron chi connectivity index (χ0n) is 11.8. The molecule has 2 heterocycles. The average Bonchev–Trinajstić information content (AvgIpc) is 3.14. The van der Waals surface area contributed by atoms with Crippen molar-refractivity contribution in [3.8, 4) is 0 Å². The highest BCUT2D eigenvalue weighted by Gasteiger charge is 2.27. The Morgan fingerprint density at radius 3 is 3.05 bits per heavy atom. The topological polar surface area (TPSA) is 58.0 Å². The summed E-state index contributed by atoms with van der Waals surface area (Å²) in [6.07, 6.45) is 3.23. The molecule has 0 radical (unpaired) electrons. The summed E-state index contributed by atoms with van der Waals surface area (Å²) in [5.41, 5.74) is 5.01. The number of furan rings is 1. The van der Waals surface area contributed by atoms with Crippen LogP contribution in [0, 0.1) is 6.92 Å². The van der Waals surface area contributed by atoms with Crippen molar-refractivity contribution < 1.29 is 9.21 Å². The van der Waals surface area contributed by atoms with E-state index in [1.165, 1.54) is 34.0 Å². The third kappa shape index (κ3) is 2.03. The van der Waals surface area contributed by atoms with Gasteiger partial charge in [-0.25, -0.2) is 0 Å². The zero-order chi connectivity index (χ0) is 14.4. The number of aromatic amines is 1. The summed E-state index contributed by atoms with van der Waals surface area (Å²) in [6.45, 7) is 2.10. The van der Waals surface area contributed by atoms with Gasteiger partial charge in [0.1, 0.15) is 0 Å². The van der Waals surface area contributed by atoms with Gasteiger partial charge >= 0.3 is 0 Å². The lowest BCUT2D eigenvalue weighted by molar-refractivity contribution is 0.0910. The van der Waals surface area contributed by atoms with Crippen molar-refractivity contribution in [1.29, 1.82) is 0 Å². The van der Waals surface area contributed by atoms with Crippen LogP contribution in [0.1, 0.15) is 27.4 Å². The number of rotatable bonds is 2. The zero-order valence-corrected chi connectivity index (χ0v) is 11.8. The molecule has 21 heavy (non-hydrogen) atoms. The third-order valence-electron chi connectivity index (χ3n) is 4.13. The molecule has 0 saturated heterocycles. The summed E-state index contributed by atoms with van der Waals surface area (Å²) in [7, 11) is 0. The molecule has 4 heteroatoms. The number of H-pyrrole nitrogens is 1. The molecule has 1 atom stereocenters. The summed E-state index contributed by atoms with van der Waals surface area (Å²) < 4.78 is 5.13. The number of carbonyl (C=O) groups is 1. The maximum atomic E-state index is 12.0. The van der Waals surface area contributed by atoms with Gasteiger partial charge in [0.25, 0.3) is 5.91 Å². The average molecular weight is 280 g/mol. The highest BCUT2D eigenvalue weighted by molar-refractivity contribution is 5.92. The van der Waals surface area contributed by atoms with Crippen molar-refractivity contribution in [2.75, 3.05) is 0 Å². The van der Waals surface area contributed by atoms with Gasteiger partial charge in [-0.15, -0.1) is 0 Å². The first-order valence-corrected chi connectivity index (χ1v) is 7.15. The van der Waals surface area contributed by atoms with E-state index in [2.05, 4.69) is 35.4 Å². The van der Waals surface area contributed by atoms with Crippen LogP contribution in [0.25, 0.3) is 10.9 Å². The number of carbonyl (C=O) groups excluding carboxylic acids is 1. The lowest BCUT2D eigenvalue weighted by Gasteiger charge is -2.11. The number of nitrogens with one attached hydrogen (secondary N) is 2. The van der Waals surface area contributed by atoms with Crippen molar-refractivity contribution in [2.45, 2.75) is 25.8 Å². The molecule has 1 unspecified atom stereocenters. The smallest absolute Gasteiger partial charge is 0.287 e. The van der Waals surface area contributed by atoms with E-state index in [1.54, 1.807) is 12.1 Å². The number of aromatic nitrogens is 1. The number of hydrogen-bond donors (Lipinski definition) is 2. The lowest BCUT2D eigenvalue weighted by atomic mass is 10.1. The summed E-state index contributed by atoms with van der Waals surface area (Å²) in [4.78, 5) is 15.5. The summed E-state index contributed by atoms with van der Waals surface area (Å²) in [5, 5.41) is 4.32. The lowest BCUT2D eigenvalue weighted by Crippen LogP contribution is -2.35. The van der Waals surface area contributed by atoms with E-state index in [-0.39, 0.29) is 11.9 Å². The predicted molar refractivity (Wildman–Crippen MR) is 80.4 cm³/mol. The van der Waals surface area contributed by atoms with Crippen LogP contribution in [0.3, 0.4) is 0 Å². The Labute approximate surface area is 122 Å². The molecule has 1 aliphatic carbocycles. The Kier molecular flexibility index (Phi) is 2.64. The first kappa shape index (κ1) is 12.3. The minimum atomic E-state index is -0.143. The Morgan fingerprint density at radius 1 is 1.33 bits per heavy atom. The van der Waals surface area contributed by atoms with E-state index in [0.29, 0.717) is 5.76 Å². The van der Waals surface area contributed by atoms with Crippen LogP contribution in [0.15, 0.2) is 41.0 Å². The molecular weight excluding hydrogens is 264 g/mol. The maximum Gasteiger partial charge on any atom is 0.287 e. The second-order valence-electron chi connectivity index (χ2n) is 5.69. The van der Waals surface area contributed by atoms with Crippen LogP contribution < -0.4 is 5.32 Å². The van der Waals surface area contributed by atoms with Crippen LogP contribution in [0.4, 0.5) is 0 Å². The fourth-order valence-electron chi connectivity index (χ4n) is 3.16. The van der Waals surface area contributed by atoms with E-state index in [9.17, 15) is 4.79 Å². The second-order valence-corrected chi connectivity index (χ2v) is 5.69.